The third kappa shape index (κ3) is 4.16. The van der Waals surface area contributed by atoms with Crippen LogP contribution in [-0.4, -0.2) is 19.0 Å². The van der Waals surface area contributed by atoms with Crippen LogP contribution >= 0.6 is 11.8 Å². The molecule has 0 N–H and O–H groups in total. The number of nitrogens with zero attached hydrogens (tertiary/aromatic N) is 1. The van der Waals surface area contributed by atoms with Gasteiger partial charge in [-0.2, -0.15) is 4.73 Å². The molecule has 0 saturated heterocycles. The Morgan fingerprint density at radius 2 is 1.67 bits per heavy atom. The van der Waals surface area contributed by atoms with E-state index in [9.17, 15) is 0 Å². The second-order valence-corrected chi connectivity index (χ2v) is 7.54. The van der Waals surface area contributed by atoms with E-state index in [1.807, 2.05) is 16.9 Å². The molecular formula is C23H27NO2S. The van der Waals surface area contributed by atoms with Gasteiger partial charge in [-0.1, -0.05) is 55.4 Å². The molecule has 0 atom stereocenters. The zero-order valence-electron chi connectivity index (χ0n) is 16.5. The van der Waals surface area contributed by atoms with Crippen LogP contribution in [0, 0.1) is 6.92 Å². The van der Waals surface area contributed by atoms with Gasteiger partial charge < -0.3 is 9.57 Å². The average Bonchev–Trinajstić information content (AvgIpc) is 2.97. The maximum absolute atomic E-state index is 5.77. The molecule has 0 radical (unpaired) electrons. The predicted molar refractivity (Wildman–Crippen MR) is 113 cm³/mol. The van der Waals surface area contributed by atoms with Gasteiger partial charge in [0.05, 0.1) is 18.5 Å². The number of hydrogen-bond donors (Lipinski definition) is 0. The lowest BCUT2D eigenvalue weighted by Gasteiger charge is -2.11. The molecule has 2 aromatic carbocycles. The Kier molecular flexibility index (Phi) is 6.51. The minimum Gasteiger partial charge on any atom is -0.497 e. The summed E-state index contributed by atoms with van der Waals surface area (Å²) < 4.78 is 7.30. The van der Waals surface area contributed by atoms with Crippen LogP contribution in [0.3, 0.4) is 0 Å². The fourth-order valence-electron chi connectivity index (χ4n) is 3.33. The normalized spacial score (nSPS) is 10.8. The van der Waals surface area contributed by atoms with Gasteiger partial charge in [0.15, 0.2) is 0 Å². The molecule has 1 heterocycles. The number of methoxy groups -OCH3 is 1. The van der Waals surface area contributed by atoms with E-state index >= 15 is 0 Å². The molecule has 0 unspecified atom stereocenters. The molecule has 3 rings (SSSR count). The molecule has 0 fully saturated rings. The first-order valence-corrected chi connectivity index (χ1v) is 10.2. The predicted octanol–water partition coefficient (Wildman–Crippen LogP) is 6.02. The molecule has 27 heavy (non-hydrogen) atoms. The van der Waals surface area contributed by atoms with Crippen molar-refractivity contribution in [3.05, 3.63) is 66.0 Å². The minimum absolute atomic E-state index is 0.875. The molecule has 3 nitrogen and oxygen atoms in total. The van der Waals surface area contributed by atoms with Crippen LogP contribution in [0.25, 0.3) is 11.1 Å². The van der Waals surface area contributed by atoms with Crippen molar-refractivity contribution in [1.82, 2.24) is 4.73 Å². The third-order valence-electron chi connectivity index (χ3n) is 4.69. The Labute approximate surface area is 166 Å². The summed E-state index contributed by atoms with van der Waals surface area (Å²) in [5.74, 6) is 0.875. The Balaban J connectivity index is 2.12. The lowest BCUT2D eigenvalue weighted by atomic mass is 10.1. The van der Waals surface area contributed by atoms with E-state index in [0.717, 1.165) is 30.7 Å². The summed E-state index contributed by atoms with van der Waals surface area (Å²) in [5.41, 5.74) is 4.87. The number of hydrogen-bond acceptors (Lipinski definition) is 3. The van der Waals surface area contributed by atoms with E-state index in [-0.39, 0.29) is 0 Å². The van der Waals surface area contributed by atoms with Gasteiger partial charge in [0.25, 0.3) is 0 Å². The first kappa shape index (κ1) is 19.4. The molecule has 0 aliphatic rings. The maximum atomic E-state index is 5.77. The zero-order chi connectivity index (χ0) is 19.2. The van der Waals surface area contributed by atoms with Gasteiger partial charge in [-0.3, -0.25) is 0 Å². The lowest BCUT2D eigenvalue weighted by Crippen LogP contribution is -2.11. The van der Waals surface area contributed by atoms with Crippen molar-refractivity contribution in [2.75, 3.05) is 14.2 Å². The molecule has 0 saturated carbocycles. The highest BCUT2D eigenvalue weighted by molar-refractivity contribution is 7.99. The second-order valence-electron chi connectivity index (χ2n) is 6.46. The fourth-order valence-corrected chi connectivity index (χ4v) is 4.51. The summed E-state index contributed by atoms with van der Waals surface area (Å²) in [6.45, 7) is 4.36. The highest BCUT2D eigenvalue weighted by atomic mass is 32.2. The van der Waals surface area contributed by atoms with E-state index in [1.165, 1.54) is 26.6 Å². The van der Waals surface area contributed by atoms with Gasteiger partial charge in [-0.25, -0.2) is 0 Å². The van der Waals surface area contributed by atoms with Gasteiger partial charge in [0, 0.05) is 15.4 Å². The monoisotopic (exact) mass is 381 g/mol. The van der Waals surface area contributed by atoms with E-state index in [2.05, 4.69) is 56.3 Å². The number of benzene rings is 2. The van der Waals surface area contributed by atoms with Gasteiger partial charge in [0.2, 0.25) is 0 Å². The van der Waals surface area contributed by atoms with E-state index in [0.29, 0.717) is 0 Å². The van der Waals surface area contributed by atoms with Gasteiger partial charge in [-0.15, -0.1) is 0 Å². The van der Waals surface area contributed by atoms with Crippen LogP contribution in [0.4, 0.5) is 0 Å². The van der Waals surface area contributed by atoms with Crippen LogP contribution in [0.5, 0.6) is 5.75 Å². The zero-order valence-corrected chi connectivity index (χ0v) is 17.3. The topological polar surface area (TPSA) is 23.4 Å². The number of unbranched alkanes of at least 4 members (excludes halogenated alkanes) is 1. The van der Waals surface area contributed by atoms with Crippen molar-refractivity contribution in [3.8, 4) is 16.9 Å². The van der Waals surface area contributed by atoms with Crippen LogP contribution in [-0.2, 0) is 6.42 Å². The molecule has 0 aliphatic carbocycles. The highest BCUT2D eigenvalue weighted by Gasteiger charge is 2.23. The molecule has 3 aromatic rings. The SMILES string of the molecule is CCCCc1c(Sc2ccc(OC)cc2)c(-c2ccccc2)c(C)n1OC. The van der Waals surface area contributed by atoms with Crippen molar-refractivity contribution in [1.29, 1.82) is 0 Å². The molecule has 0 aliphatic heterocycles. The van der Waals surface area contributed by atoms with E-state index < -0.39 is 0 Å². The Bertz CT molecular complexity index is 870. The third-order valence-corrected chi connectivity index (χ3v) is 5.84. The van der Waals surface area contributed by atoms with Crippen molar-refractivity contribution in [3.63, 3.8) is 0 Å². The molecule has 0 spiro atoms. The minimum atomic E-state index is 0.875. The first-order valence-electron chi connectivity index (χ1n) is 9.35. The standard InChI is InChI=1S/C23H27NO2S/c1-5-6-12-21-23(27-20-15-13-19(25-3)14-16-20)22(17(2)24(21)26-4)18-10-8-7-9-11-18/h7-11,13-16H,5-6,12H2,1-4H3. The summed E-state index contributed by atoms with van der Waals surface area (Å²) in [4.78, 5) is 8.24. The van der Waals surface area contributed by atoms with Crippen LogP contribution in [0.15, 0.2) is 64.4 Å². The van der Waals surface area contributed by atoms with Crippen LogP contribution < -0.4 is 9.57 Å². The van der Waals surface area contributed by atoms with Crippen LogP contribution in [0.2, 0.25) is 0 Å². The molecule has 0 amide bonds. The fraction of sp³-hybridized carbons (Fsp3) is 0.304. The summed E-state index contributed by atoms with van der Waals surface area (Å²) in [6.07, 6.45) is 3.29. The second kappa shape index (κ2) is 9.05. The average molecular weight is 382 g/mol. The van der Waals surface area contributed by atoms with E-state index in [4.69, 9.17) is 9.57 Å². The maximum Gasteiger partial charge on any atom is 0.118 e. The van der Waals surface area contributed by atoms with Gasteiger partial charge in [0.1, 0.15) is 12.9 Å². The summed E-state index contributed by atoms with van der Waals surface area (Å²) in [7, 11) is 3.44. The molecule has 142 valence electrons. The largest absolute Gasteiger partial charge is 0.497 e. The van der Waals surface area contributed by atoms with Crippen molar-refractivity contribution >= 4 is 11.8 Å². The van der Waals surface area contributed by atoms with Crippen molar-refractivity contribution in [2.24, 2.45) is 0 Å². The quantitative estimate of drug-likeness (QED) is 0.476. The number of aromatic nitrogens is 1. The molecule has 4 heteroatoms. The summed E-state index contributed by atoms with van der Waals surface area (Å²) in [6, 6.07) is 18.8. The number of ether oxygens (including phenoxy) is 1. The van der Waals surface area contributed by atoms with Gasteiger partial charge in [-0.05, 0) is 49.6 Å². The molecule has 0 bridgehead atoms. The van der Waals surface area contributed by atoms with Crippen molar-refractivity contribution in [2.45, 2.75) is 42.9 Å². The van der Waals surface area contributed by atoms with Crippen LogP contribution in [0.1, 0.15) is 31.2 Å². The smallest absolute Gasteiger partial charge is 0.118 e. The van der Waals surface area contributed by atoms with Crippen molar-refractivity contribution < 1.29 is 9.57 Å². The Morgan fingerprint density at radius 1 is 0.963 bits per heavy atom. The molecular weight excluding hydrogens is 354 g/mol. The first-order chi connectivity index (χ1) is 13.2. The summed E-state index contributed by atoms with van der Waals surface area (Å²) >= 11 is 1.80. The lowest BCUT2D eigenvalue weighted by molar-refractivity contribution is 0.153. The molecule has 1 aromatic heterocycles. The van der Waals surface area contributed by atoms with Gasteiger partial charge >= 0.3 is 0 Å². The summed E-state index contributed by atoms with van der Waals surface area (Å²) in [5, 5.41) is 0. The Hall–Kier alpha value is -2.33. The Morgan fingerprint density at radius 3 is 2.26 bits per heavy atom. The van der Waals surface area contributed by atoms with E-state index in [1.54, 1.807) is 26.0 Å². The highest BCUT2D eigenvalue weighted by Crippen LogP contribution is 2.42. The number of rotatable bonds is 8.